The highest BCUT2D eigenvalue weighted by Crippen LogP contribution is 2.12. The van der Waals surface area contributed by atoms with E-state index in [2.05, 4.69) is 6.92 Å². The predicted molar refractivity (Wildman–Crippen MR) is 49.0 cm³/mol. The highest BCUT2D eigenvalue weighted by Gasteiger charge is 2.27. The van der Waals surface area contributed by atoms with Crippen molar-refractivity contribution < 1.29 is 9.59 Å². The first-order valence-electron chi connectivity index (χ1n) is 4.16. The smallest absolute Gasteiger partial charge is 0.229 e. The fraction of sp³-hybridized carbons (Fsp3) is 0.750. The Morgan fingerprint density at radius 1 is 1.33 bits per heavy atom. The molecule has 0 aromatic rings. The molecule has 0 aromatic heterocycles. The number of rotatable bonds is 4. The second-order valence-corrected chi connectivity index (χ2v) is 4.03. The maximum atomic E-state index is 11.1. The minimum absolute atomic E-state index is 0.00305. The van der Waals surface area contributed by atoms with Crippen LogP contribution in [0.2, 0.25) is 0 Å². The van der Waals surface area contributed by atoms with Crippen LogP contribution in [-0.4, -0.2) is 34.8 Å². The number of imide groups is 1. The molecule has 0 aromatic carbocycles. The molecule has 1 heterocycles. The molecule has 0 bridgehead atoms. The molecule has 0 unspecified atom stereocenters. The van der Waals surface area contributed by atoms with Crippen LogP contribution in [0.5, 0.6) is 0 Å². The lowest BCUT2D eigenvalue weighted by atomic mass is 10.4. The molecule has 1 fully saturated rings. The van der Waals surface area contributed by atoms with Crippen LogP contribution in [0.1, 0.15) is 19.8 Å². The van der Waals surface area contributed by atoms with E-state index in [-0.39, 0.29) is 11.8 Å². The van der Waals surface area contributed by atoms with Gasteiger partial charge in [0.15, 0.2) is 0 Å². The Labute approximate surface area is 76.5 Å². The largest absolute Gasteiger partial charge is 0.282 e. The second kappa shape index (κ2) is 4.50. The van der Waals surface area contributed by atoms with Crippen LogP contribution >= 0.6 is 11.8 Å². The summed E-state index contributed by atoms with van der Waals surface area (Å²) in [7, 11) is 0. The first-order chi connectivity index (χ1) is 5.75. The van der Waals surface area contributed by atoms with E-state index in [1.165, 1.54) is 4.90 Å². The molecule has 0 radical (unpaired) electrons. The number of likely N-dealkylation sites (tertiary alicyclic amines) is 1. The highest BCUT2D eigenvalue weighted by molar-refractivity contribution is 7.99. The molecular formula is C8H13NO2S. The van der Waals surface area contributed by atoms with Gasteiger partial charge < -0.3 is 0 Å². The lowest BCUT2D eigenvalue weighted by Crippen LogP contribution is -2.31. The number of amides is 2. The van der Waals surface area contributed by atoms with Crippen LogP contribution < -0.4 is 0 Å². The van der Waals surface area contributed by atoms with Crippen LogP contribution in [0.25, 0.3) is 0 Å². The number of carbonyl (C=O) groups is 2. The summed E-state index contributed by atoms with van der Waals surface area (Å²) in [5.74, 6) is 1.90. The first-order valence-corrected chi connectivity index (χ1v) is 5.32. The van der Waals surface area contributed by atoms with Gasteiger partial charge in [0.1, 0.15) is 0 Å². The van der Waals surface area contributed by atoms with Crippen LogP contribution in [0.15, 0.2) is 0 Å². The van der Waals surface area contributed by atoms with Crippen molar-refractivity contribution in [3.63, 3.8) is 0 Å². The van der Waals surface area contributed by atoms with E-state index >= 15 is 0 Å². The monoisotopic (exact) mass is 187 g/mol. The van der Waals surface area contributed by atoms with Crippen molar-refractivity contribution in [3.8, 4) is 0 Å². The molecule has 3 nitrogen and oxygen atoms in total. The lowest BCUT2D eigenvalue weighted by Gasteiger charge is -2.12. The summed E-state index contributed by atoms with van der Waals surface area (Å²) >= 11 is 1.75. The zero-order valence-corrected chi connectivity index (χ0v) is 8.02. The lowest BCUT2D eigenvalue weighted by molar-refractivity contribution is -0.137. The van der Waals surface area contributed by atoms with Gasteiger partial charge in [-0.2, -0.15) is 11.8 Å². The second-order valence-electron chi connectivity index (χ2n) is 2.64. The minimum atomic E-state index is -0.00305. The van der Waals surface area contributed by atoms with Crippen LogP contribution in [0, 0.1) is 0 Å². The molecule has 0 saturated carbocycles. The van der Waals surface area contributed by atoms with Gasteiger partial charge in [-0.25, -0.2) is 0 Å². The first kappa shape index (κ1) is 9.58. The Morgan fingerprint density at radius 3 is 2.42 bits per heavy atom. The zero-order chi connectivity index (χ0) is 8.97. The third-order valence-electron chi connectivity index (χ3n) is 1.82. The van der Waals surface area contributed by atoms with Gasteiger partial charge in [-0.15, -0.1) is 0 Å². The average molecular weight is 187 g/mol. The van der Waals surface area contributed by atoms with Gasteiger partial charge in [-0.3, -0.25) is 14.5 Å². The quantitative estimate of drug-likeness (QED) is 0.484. The van der Waals surface area contributed by atoms with Crippen LogP contribution in [0.4, 0.5) is 0 Å². The van der Waals surface area contributed by atoms with Gasteiger partial charge in [0.05, 0.1) is 0 Å². The molecule has 4 heteroatoms. The summed E-state index contributed by atoms with van der Waals surface area (Å²) in [6.45, 7) is 2.66. The Balaban J connectivity index is 2.30. The summed E-state index contributed by atoms with van der Waals surface area (Å²) in [5, 5.41) is 0. The van der Waals surface area contributed by atoms with E-state index in [1.54, 1.807) is 11.8 Å². The molecule has 68 valence electrons. The predicted octanol–water partition coefficient (Wildman–Crippen LogP) is 0.888. The average Bonchev–Trinajstić information content (AvgIpc) is 2.35. The molecule has 1 aliphatic heterocycles. The summed E-state index contributed by atoms with van der Waals surface area (Å²) < 4.78 is 0. The molecule has 1 aliphatic rings. The third kappa shape index (κ3) is 2.24. The molecule has 2 amide bonds. The molecule has 0 atom stereocenters. The summed E-state index contributed by atoms with van der Waals surface area (Å²) in [4.78, 5) is 23.5. The molecular weight excluding hydrogens is 174 g/mol. The number of nitrogens with zero attached hydrogens (tertiary/aromatic N) is 1. The van der Waals surface area contributed by atoms with Gasteiger partial charge in [0, 0.05) is 25.1 Å². The topological polar surface area (TPSA) is 37.4 Å². The third-order valence-corrected chi connectivity index (χ3v) is 2.70. The summed E-state index contributed by atoms with van der Waals surface area (Å²) in [6, 6.07) is 0. The van der Waals surface area contributed by atoms with Gasteiger partial charge >= 0.3 is 0 Å². The van der Waals surface area contributed by atoms with E-state index < -0.39 is 0 Å². The van der Waals surface area contributed by atoms with E-state index in [9.17, 15) is 9.59 Å². The number of hydrogen-bond donors (Lipinski definition) is 0. The van der Waals surface area contributed by atoms with Crippen LogP contribution in [-0.2, 0) is 9.59 Å². The van der Waals surface area contributed by atoms with Gasteiger partial charge in [0.25, 0.3) is 0 Å². The Bertz CT molecular complexity index is 177. The molecule has 0 spiro atoms. The fourth-order valence-corrected chi connectivity index (χ4v) is 1.77. The Morgan fingerprint density at radius 2 is 1.92 bits per heavy atom. The Kier molecular flexibility index (Phi) is 3.59. The fourth-order valence-electron chi connectivity index (χ4n) is 1.17. The maximum absolute atomic E-state index is 11.1. The zero-order valence-electron chi connectivity index (χ0n) is 7.21. The SMILES string of the molecule is CCSCCN1C(=O)CCC1=O. The summed E-state index contributed by atoms with van der Waals surface area (Å²) in [6.07, 6.45) is 0.825. The normalized spacial score (nSPS) is 17.6. The van der Waals surface area contributed by atoms with Crippen molar-refractivity contribution in [2.45, 2.75) is 19.8 Å². The van der Waals surface area contributed by atoms with Gasteiger partial charge in [0.2, 0.25) is 11.8 Å². The number of hydrogen-bond acceptors (Lipinski definition) is 3. The van der Waals surface area contributed by atoms with Crippen molar-refractivity contribution in [1.82, 2.24) is 4.90 Å². The van der Waals surface area contributed by atoms with Gasteiger partial charge in [-0.1, -0.05) is 6.92 Å². The van der Waals surface area contributed by atoms with Crippen molar-refractivity contribution in [2.75, 3.05) is 18.1 Å². The van der Waals surface area contributed by atoms with Gasteiger partial charge in [-0.05, 0) is 5.75 Å². The molecule has 0 N–H and O–H groups in total. The van der Waals surface area contributed by atoms with E-state index in [0.29, 0.717) is 19.4 Å². The van der Waals surface area contributed by atoms with Crippen molar-refractivity contribution in [2.24, 2.45) is 0 Å². The number of thioether (sulfide) groups is 1. The standard InChI is InChI=1S/C8H13NO2S/c1-2-12-6-5-9-7(10)3-4-8(9)11/h2-6H2,1H3. The van der Waals surface area contributed by atoms with E-state index in [1.807, 2.05) is 0 Å². The van der Waals surface area contributed by atoms with E-state index in [4.69, 9.17) is 0 Å². The van der Waals surface area contributed by atoms with Crippen LogP contribution in [0.3, 0.4) is 0 Å². The molecule has 1 rings (SSSR count). The van der Waals surface area contributed by atoms with Crippen molar-refractivity contribution >= 4 is 23.6 Å². The van der Waals surface area contributed by atoms with E-state index in [0.717, 1.165) is 11.5 Å². The summed E-state index contributed by atoms with van der Waals surface area (Å²) in [5.41, 5.74) is 0. The molecule has 0 aliphatic carbocycles. The minimum Gasteiger partial charge on any atom is -0.282 e. The molecule has 12 heavy (non-hydrogen) atoms. The maximum Gasteiger partial charge on any atom is 0.229 e. The highest BCUT2D eigenvalue weighted by atomic mass is 32.2. The van der Waals surface area contributed by atoms with Crippen molar-refractivity contribution in [1.29, 1.82) is 0 Å². The van der Waals surface area contributed by atoms with Crippen molar-refractivity contribution in [3.05, 3.63) is 0 Å². The molecule has 1 saturated heterocycles. The number of carbonyl (C=O) groups excluding carboxylic acids is 2. The Hall–Kier alpha value is -0.510.